The van der Waals surface area contributed by atoms with Crippen molar-refractivity contribution in [3.8, 4) is 0 Å². The van der Waals surface area contributed by atoms with Gasteiger partial charge >= 0.3 is 0 Å². The third kappa shape index (κ3) is 10.6. The van der Waals surface area contributed by atoms with Crippen LogP contribution in [0.2, 0.25) is 0 Å². The summed E-state index contributed by atoms with van der Waals surface area (Å²) in [5.74, 6) is -0.859. The molecule has 3 N–H and O–H groups in total. The number of nitrogens with one attached hydrogen (secondary N) is 3. The van der Waals surface area contributed by atoms with Crippen molar-refractivity contribution in [2.24, 2.45) is 5.92 Å². The smallest absolute Gasteiger partial charge is 0.270 e. The molecular formula is C40H53N7O4. The van der Waals surface area contributed by atoms with Crippen molar-refractivity contribution in [3.63, 3.8) is 0 Å². The molecule has 272 valence electrons. The molecule has 11 nitrogen and oxygen atoms in total. The van der Waals surface area contributed by atoms with Crippen LogP contribution < -0.4 is 16.0 Å². The summed E-state index contributed by atoms with van der Waals surface area (Å²) in [5, 5.41) is 13.2. The lowest BCUT2D eigenvalue weighted by Gasteiger charge is -2.35. The molecule has 2 fully saturated rings. The zero-order valence-electron chi connectivity index (χ0n) is 30.3. The minimum Gasteiger partial charge on any atom is -0.350 e. The van der Waals surface area contributed by atoms with Gasteiger partial charge in [-0.25, -0.2) is 0 Å². The molecule has 5 rings (SSSR count). The van der Waals surface area contributed by atoms with E-state index in [1.165, 1.54) is 5.56 Å². The monoisotopic (exact) mass is 695 g/mol. The molecule has 1 aliphatic carbocycles. The SMILES string of the molecule is CCC(=O)N/C(=C/c1ccc(CNC(=O)[C@@H](NC(=O)c2ccnn2C(C)C)C2CCCCCC2)cc1)C(=O)N1CCN(Cc2ccccc2)CC1. The van der Waals surface area contributed by atoms with Gasteiger partial charge in [-0.1, -0.05) is 87.2 Å². The van der Waals surface area contributed by atoms with Gasteiger partial charge in [-0.2, -0.15) is 5.10 Å². The van der Waals surface area contributed by atoms with Gasteiger partial charge in [0.15, 0.2) is 0 Å². The van der Waals surface area contributed by atoms with Crippen LogP contribution >= 0.6 is 0 Å². The number of aromatic nitrogens is 2. The first kappa shape index (κ1) is 37.5. The van der Waals surface area contributed by atoms with Crippen molar-refractivity contribution in [1.29, 1.82) is 0 Å². The molecule has 2 aliphatic rings. The molecule has 0 spiro atoms. The Balaban J connectivity index is 1.22. The fraction of sp³-hybridized carbons (Fsp3) is 0.475. The molecule has 1 saturated carbocycles. The van der Waals surface area contributed by atoms with Gasteiger partial charge in [0.1, 0.15) is 17.4 Å². The van der Waals surface area contributed by atoms with Crippen molar-refractivity contribution in [1.82, 2.24) is 35.5 Å². The molecular weight excluding hydrogens is 642 g/mol. The van der Waals surface area contributed by atoms with Crippen LogP contribution in [0.5, 0.6) is 0 Å². The maximum Gasteiger partial charge on any atom is 0.270 e. The molecule has 1 aliphatic heterocycles. The summed E-state index contributed by atoms with van der Waals surface area (Å²) in [4.78, 5) is 57.2. The van der Waals surface area contributed by atoms with E-state index in [4.69, 9.17) is 0 Å². The maximum absolute atomic E-state index is 13.7. The van der Waals surface area contributed by atoms with Crippen LogP contribution in [0.25, 0.3) is 6.08 Å². The number of amides is 4. The number of hydrogen-bond acceptors (Lipinski definition) is 6. The summed E-state index contributed by atoms with van der Waals surface area (Å²) in [6, 6.07) is 18.9. The number of nitrogens with zero attached hydrogens (tertiary/aromatic N) is 4. The zero-order chi connectivity index (χ0) is 36.2. The molecule has 2 heterocycles. The Morgan fingerprint density at radius 1 is 0.863 bits per heavy atom. The molecule has 1 aromatic heterocycles. The van der Waals surface area contributed by atoms with E-state index < -0.39 is 6.04 Å². The average molecular weight is 696 g/mol. The minimum absolute atomic E-state index is 0.0155. The van der Waals surface area contributed by atoms with Crippen LogP contribution in [0.1, 0.15) is 98.9 Å². The van der Waals surface area contributed by atoms with Crippen LogP contribution in [0.4, 0.5) is 0 Å². The molecule has 1 saturated heterocycles. The lowest BCUT2D eigenvalue weighted by molar-refractivity contribution is -0.131. The van der Waals surface area contributed by atoms with Gasteiger partial charge in [0, 0.05) is 57.9 Å². The highest BCUT2D eigenvalue weighted by Crippen LogP contribution is 2.26. The summed E-state index contributed by atoms with van der Waals surface area (Å²) in [6.07, 6.45) is 9.73. The first-order chi connectivity index (χ1) is 24.7. The quantitative estimate of drug-likeness (QED) is 0.170. The summed E-state index contributed by atoms with van der Waals surface area (Å²) in [7, 11) is 0. The lowest BCUT2D eigenvalue weighted by atomic mass is 9.91. The molecule has 0 bridgehead atoms. The van der Waals surface area contributed by atoms with Crippen molar-refractivity contribution >= 4 is 29.7 Å². The third-order valence-electron chi connectivity index (χ3n) is 9.82. The lowest BCUT2D eigenvalue weighted by Crippen LogP contribution is -2.51. The Morgan fingerprint density at radius 2 is 1.55 bits per heavy atom. The van der Waals surface area contributed by atoms with E-state index in [1.54, 1.807) is 34.8 Å². The van der Waals surface area contributed by atoms with Crippen molar-refractivity contribution in [2.45, 2.75) is 90.9 Å². The predicted octanol–water partition coefficient (Wildman–Crippen LogP) is 5.06. The van der Waals surface area contributed by atoms with E-state index in [0.29, 0.717) is 18.8 Å². The van der Waals surface area contributed by atoms with E-state index in [1.807, 2.05) is 56.3 Å². The van der Waals surface area contributed by atoms with E-state index in [2.05, 4.69) is 38.1 Å². The number of rotatable bonds is 13. The number of benzene rings is 2. The van der Waals surface area contributed by atoms with Crippen LogP contribution in [-0.4, -0.2) is 75.4 Å². The maximum atomic E-state index is 13.7. The Hall–Kier alpha value is -4.77. The summed E-state index contributed by atoms with van der Waals surface area (Å²) in [5.41, 5.74) is 3.58. The summed E-state index contributed by atoms with van der Waals surface area (Å²) < 4.78 is 1.67. The van der Waals surface area contributed by atoms with Crippen molar-refractivity contribution < 1.29 is 19.2 Å². The van der Waals surface area contributed by atoms with E-state index in [9.17, 15) is 19.2 Å². The van der Waals surface area contributed by atoms with Gasteiger partial charge < -0.3 is 20.9 Å². The van der Waals surface area contributed by atoms with Crippen LogP contribution in [0.15, 0.2) is 72.6 Å². The fourth-order valence-corrected chi connectivity index (χ4v) is 6.87. The molecule has 1 atom stereocenters. The Kier molecular flexibility index (Phi) is 13.6. The normalized spacial score (nSPS) is 16.7. The molecule has 4 amide bonds. The van der Waals surface area contributed by atoms with Gasteiger partial charge in [-0.15, -0.1) is 0 Å². The second-order valence-corrected chi connectivity index (χ2v) is 13.9. The molecule has 2 aromatic carbocycles. The molecule has 51 heavy (non-hydrogen) atoms. The highest BCUT2D eigenvalue weighted by Gasteiger charge is 2.31. The molecule has 3 aromatic rings. The molecule has 0 unspecified atom stereocenters. The summed E-state index contributed by atoms with van der Waals surface area (Å²) in [6.45, 7) is 9.48. The van der Waals surface area contributed by atoms with E-state index in [-0.39, 0.29) is 54.3 Å². The van der Waals surface area contributed by atoms with Gasteiger partial charge in [0.2, 0.25) is 11.8 Å². The van der Waals surface area contributed by atoms with Gasteiger partial charge in [-0.3, -0.25) is 28.8 Å². The second-order valence-electron chi connectivity index (χ2n) is 13.9. The predicted molar refractivity (Wildman–Crippen MR) is 198 cm³/mol. The van der Waals surface area contributed by atoms with Gasteiger partial charge in [0.25, 0.3) is 11.8 Å². The van der Waals surface area contributed by atoms with Crippen LogP contribution in [0, 0.1) is 5.92 Å². The first-order valence-electron chi connectivity index (χ1n) is 18.5. The van der Waals surface area contributed by atoms with Gasteiger partial charge in [0.05, 0.1) is 0 Å². The Labute approximate surface area is 301 Å². The third-order valence-corrected chi connectivity index (χ3v) is 9.82. The van der Waals surface area contributed by atoms with E-state index in [0.717, 1.165) is 69.3 Å². The van der Waals surface area contributed by atoms with E-state index >= 15 is 0 Å². The number of carbonyl (C=O) groups is 4. The highest BCUT2D eigenvalue weighted by atomic mass is 16.2. The fourth-order valence-electron chi connectivity index (χ4n) is 6.87. The first-order valence-corrected chi connectivity index (χ1v) is 18.5. The van der Waals surface area contributed by atoms with Crippen molar-refractivity contribution in [3.05, 3.63) is 94.9 Å². The average Bonchev–Trinajstić information content (AvgIpc) is 3.50. The van der Waals surface area contributed by atoms with Gasteiger partial charge in [-0.05, 0) is 61.4 Å². The number of hydrogen-bond donors (Lipinski definition) is 3. The van der Waals surface area contributed by atoms with Crippen LogP contribution in [-0.2, 0) is 27.5 Å². The topological polar surface area (TPSA) is 129 Å². The van der Waals surface area contributed by atoms with Crippen LogP contribution in [0.3, 0.4) is 0 Å². The second kappa shape index (κ2) is 18.5. The minimum atomic E-state index is -0.649. The molecule has 11 heteroatoms. The summed E-state index contributed by atoms with van der Waals surface area (Å²) >= 11 is 0. The molecule has 0 radical (unpaired) electrons. The zero-order valence-corrected chi connectivity index (χ0v) is 30.3. The standard InChI is InChI=1S/C40H53N7O4/c1-4-36(48)43-34(40(51)46-24-22-45(23-25-46)28-32-12-8-7-9-13-32)26-30-16-18-31(19-17-30)27-41-39(50)37(33-14-10-5-6-11-15-33)44-38(49)35-20-21-42-47(35)29(2)3/h7-9,12-13,16-21,26,29,33,37H,4-6,10-11,14-15,22-25,27-28H2,1-3H3,(H,41,50)(H,43,48)(H,44,49)/b34-26+/t37-/m0/s1. The Morgan fingerprint density at radius 3 is 2.20 bits per heavy atom. The number of piperazine rings is 1. The highest BCUT2D eigenvalue weighted by molar-refractivity contribution is 6.01. The largest absolute Gasteiger partial charge is 0.350 e. The Bertz CT molecular complexity index is 1630. The van der Waals surface area contributed by atoms with Crippen molar-refractivity contribution in [2.75, 3.05) is 26.2 Å². The number of carbonyl (C=O) groups excluding carboxylic acids is 4.